The molecule has 0 atom stereocenters. The van der Waals surface area contributed by atoms with Crippen LogP contribution in [0.5, 0.6) is 0 Å². The molecule has 6 nitrogen and oxygen atoms in total. The minimum absolute atomic E-state index is 0.121. The number of benzene rings is 1. The second-order valence-electron chi connectivity index (χ2n) is 3.76. The first-order valence-electron chi connectivity index (χ1n) is 5.47. The van der Waals surface area contributed by atoms with E-state index in [1.165, 1.54) is 6.33 Å². The number of nitrogens with zero attached hydrogens (tertiary/aromatic N) is 3. The quantitative estimate of drug-likeness (QED) is 0.659. The number of nitro groups is 1. The molecule has 0 saturated heterocycles. The Morgan fingerprint density at radius 1 is 1.28 bits per heavy atom. The van der Waals surface area contributed by atoms with Crippen LogP contribution in [0.2, 0.25) is 0 Å². The first-order chi connectivity index (χ1) is 8.63. The molecule has 0 aliphatic carbocycles. The Balaban J connectivity index is 2.56. The van der Waals surface area contributed by atoms with Gasteiger partial charge in [0.2, 0.25) is 5.82 Å². The average Bonchev–Trinajstić information content (AvgIpc) is 2.38. The summed E-state index contributed by atoms with van der Waals surface area (Å²) in [5, 5.41) is 11.0. The summed E-state index contributed by atoms with van der Waals surface area (Å²) in [7, 11) is 0. The number of anilines is 1. The zero-order chi connectivity index (χ0) is 13.1. The van der Waals surface area contributed by atoms with E-state index in [0.717, 1.165) is 12.0 Å². The van der Waals surface area contributed by atoms with Crippen molar-refractivity contribution in [2.75, 3.05) is 5.73 Å². The lowest BCUT2D eigenvalue weighted by Crippen LogP contribution is -2.02. The van der Waals surface area contributed by atoms with E-state index in [0.29, 0.717) is 5.56 Å². The highest BCUT2D eigenvalue weighted by atomic mass is 16.6. The van der Waals surface area contributed by atoms with Crippen LogP contribution in [0.15, 0.2) is 30.6 Å². The van der Waals surface area contributed by atoms with Gasteiger partial charge in [-0.3, -0.25) is 10.1 Å². The summed E-state index contributed by atoms with van der Waals surface area (Å²) in [6, 6.07) is 7.43. The van der Waals surface area contributed by atoms with Crippen LogP contribution in [0.1, 0.15) is 12.5 Å². The van der Waals surface area contributed by atoms with Gasteiger partial charge in [-0.25, -0.2) is 9.97 Å². The highest BCUT2D eigenvalue weighted by Crippen LogP contribution is 2.30. The highest BCUT2D eigenvalue weighted by molar-refractivity contribution is 5.75. The topological polar surface area (TPSA) is 94.9 Å². The third-order valence-corrected chi connectivity index (χ3v) is 2.67. The van der Waals surface area contributed by atoms with Crippen molar-refractivity contribution in [3.8, 4) is 11.3 Å². The smallest absolute Gasteiger partial charge is 0.337 e. The van der Waals surface area contributed by atoms with Gasteiger partial charge >= 0.3 is 5.69 Å². The Morgan fingerprint density at radius 3 is 2.50 bits per heavy atom. The Hall–Kier alpha value is -2.50. The third kappa shape index (κ3) is 2.13. The SMILES string of the molecule is CCc1ccc(-c2ncnc(N)c2[N+](=O)[O-])cc1. The van der Waals surface area contributed by atoms with E-state index < -0.39 is 4.92 Å². The van der Waals surface area contributed by atoms with Crippen molar-refractivity contribution in [3.05, 3.63) is 46.3 Å². The standard InChI is InChI=1S/C12H12N4O2/c1-2-8-3-5-9(6-4-8)10-11(16(17)18)12(13)15-7-14-10/h3-7H,2H2,1H3,(H2,13,14,15). The van der Waals surface area contributed by atoms with Crippen molar-refractivity contribution in [1.29, 1.82) is 0 Å². The fourth-order valence-electron chi connectivity index (χ4n) is 1.68. The second kappa shape index (κ2) is 4.79. The largest absolute Gasteiger partial charge is 0.378 e. The number of nitrogen functional groups attached to an aromatic ring is 1. The summed E-state index contributed by atoms with van der Waals surface area (Å²) >= 11 is 0. The Bertz CT molecular complexity index is 581. The fourth-order valence-corrected chi connectivity index (χ4v) is 1.68. The van der Waals surface area contributed by atoms with Crippen molar-refractivity contribution in [1.82, 2.24) is 9.97 Å². The van der Waals surface area contributed by atoms with Crippen LogP contribution < -0.4 is 5.73 Å². The molecule has 0 unspecified atom stereocenters. The summed E-state index contributed by atoms with van der Waals surface area (Å²) in [4.78, 5) is 18.0. The van der Waals surface area contributed by atoms with Gasteiger partial charge in [0.1, 0.15) is 6.33 Å². The molecule has 0 fully saturated rings. The van der Waals surface area contributed by atoms with E-state index in [2.05, 4.69) is 9.97 Å². The van der Waals surface area contributed by atoms with Crippen LogP contribution in [0.25, 0.3) is 11.3 Å². The van der Waals surface area contributed by atoms with Crippen LogP contribution in [0.3, 0.4) is 0 Å². The van der Waals surface area contributed by atoms with Gasteiger partial charge in [0.15, 0.2) is 5.69 Å². The van der Waals surface area contributed by atoms with Crippen molar-refractivity contribution >= 4 is 11.5 Å². The number of nitrogens with two attached hydrogens (primary N) is 1. The zero-order valence-electron chi connectivity index (χ0n) is 9.83. The first-order valence-corrected chi connectivity index (χ1v) is 5.47. The minimum atomic E-state index is -0.557. The molecular formula is C12H12N4O2. The van der Waals surface area contributed by atoms with Crippen molar-refractivity contribution in [2.45, 2.75) is 13.3 Å². The summed E-state index contributed by atoms with van der Waals surface area (Å²) in [6.07, 6.45) is 2.14. The molecular weight excluding hydrogens is 232 g/mol. The molecule has 0 amide bonds. The number of hydrogen-bond donors (Lipinski definition) is 1. The molecule has 1 aromatic carbocycles. The van der Waals surface area contributed by atoms with Gasteiger partial charge in [0, 0.05) is 5.56 Å². The van der Waals surface area contributed by atoms with Crippen LogP contribution >= 0.6 is 0 Å². The number of aryl methyl sites for hydroxylation is 1. The van der Waals surface area contributed by atoms with E-state index in [9.17, 15) is 10.1 Å². The average molecular weight is 244 g/mol. The molecule has 0 aliphatic heterocycles. The summed E-state index contributed by atoms with van der Waals surface area (Å²) in [6.45, 7) is 2.04. The lowest BCUT2D eigenvalue weighted by Gasteiger charge is -2.04. The predicted molar refractivity (Wildman–Crippen MR) is 67.9 cm³/mol. The van der Waals surface area contributed by atoms with E-state index >= 15 is 0 Å². The van der Waals surface area contributed by atoms with Gasteiger partial charge in [0.05, 0.1) is 4.92 Å². The van der Waals surface area contributed by atoms with E-state index in [4.69, 9.17) is 5.73 Å². The van der Waals surface area contributed by atoms with Crippen LogP contribution in [-0.4, -0.2) is 14.9 Å². The van der Waals surface area contributed by atoms with E-state index in [1.54, 1.807) is 12.1 Å². The summed E-state index contributed by atoms with van der Waals surface area (Å²) in [5.41, 5.74) is 7.34. The third-order valence-electron chi connectivity index (χ3n) is 2.67. The number of hydrogen-bond acceptors (Lipinski definition) is 5. The van der Waals surface area contributed by atoms with Gasteiger partial charge in [-0.1, -0.05) is 31.2 Å². The molecule has 6 heteroatoms. The molecule has 1 heterocycles. The lowest BCUT2D eigenvalue weighted by atomic mass is 10.1. The maximum Gasteiger partial charge on any atom is 0.337 e. The predicted octanol–water partition coefficient (Wildman–Crippen LogP) is 2.20. The van der Waals surface area contributed by atoms with E-state index in [1.807, 2.05) is 19.1 Å². The van der Waals surface area contributed by atoms with Gasteiger partial charge in [-0.2, -0.15) is 0 Å². The number of aromatic nitrogens is 2. The zero-order valence-corrected chi connectivity index (χ0v) is 9.83. The summed E-state index contributed by atoms with van der Waals surface area (Å²) < 4.78 is 0. The highest BCUT2D eigenvalue weighted by Gasteiger charge is 2.21. The maximum atomic E-state index is 11.0. The molecule has 2 rings (SSSR count). The summed E-state index contributed by atoms with van der Waals surface area (Å²) in [5.74, 6) is -0.121. The minimum Gasteiger partial charge on any atom is -0.378 e. The molecule has 18 heavy (non-hydrogen) atoms. The Kier molecular flexibility index (Phi) is 3.18. The molecule has 0 bridgehead atoms. The Labute approximate surface area is 104 Å². The van der Waals surface area contributed by atoms with Crippen LogP contribution in [0.4, 0.5) is 11.5 Å². The molecule has 0 saturated carbocycles. The molecule has 0 spiro atoms. The first kappa shape index (κ1) is 12.0. The van der Waals surface area contributed by atoms with Crippen LogP contribution in [-0.2, 0) is 6.42 Å². The fraction of sp³-hybridized carbons (Fsp3) is 0.167. The normalized spacial score (nSPS) is 10.3. The monoisotopic (exact) mass is 244 g/mol. The molecule has 92 valence electrons. The molecule has 2 N–H and O–H groups in total. The Morgan fingerprint density at radius 2 is 1.94 bits per heavy atom. The molecule has 0 radical (unpaired) electrons. The molecule has 1 aromatic heterocycles. The van der Waals surface area contributed by atoms with Crippen LogP contribution in [0, 0.1) is 10.1 Å². The van der Waals surface area contributed by atoms with Crippen molar-refractivity contribution < 1.29 is 4.92 Å². The maximum absolute atomic E-state index is 11.0. The van der Waals surface area contributed by atoms with Gasteiger partial charge < -0.3 is 5.73 Å². The van der Waals surface area contributed by atoms with Gasteiger partial charge in [0.25, 0.3) is 0 Å². The van der Waals surface area contributed by atoms with Crippen molar-refractivity contribution in [2.24, 2.45) is 0 Å². The van der Waals surface area contributed by atoms with Gasteiger partial charge in [-0.05, 0) is 12.0 Å². The molecule has 0 aliphatic rings. The van der Waals surface area contributed by atoms with E-state index in [-0.39, 0.29) is 17.2 Å². The van der Waals surface area contributed by atoms with Crippen molar-refractivity contribution in [3.63, 3.8) is 0 Å². The molecule has 2 aromatic rings. The number of rotatable bonds is 3. The second-order valence-corrected chi connectivity index (χ2v) is 3.76. The lowest BCUT2D eigenvalue weighted by molar-refractivity contribution is -0.383. The van der Waals surface area contributed by atoms with Gasteiger partial charge in [-0.15, -0.1) is 0 Å².